The number of carbonyl (C=O) groups is 2. The first-order valence-corrected chi connectivity index (χ1v) is 14.1. The lowest BCUT2D eigenvalue weighted by Crippen LogP contribution is -2.29. The van der Waals surface area contributed by atoms with Crippen LogP contribution in [0, 0.1) is 5.82 Å². The number of halogens is 1. The Hall–Kier alpha value is -4.24. The first-order valence-electron chi connectivity index (χ1n) is 13.2. The molecule has 3 aromatic carbocycles. The predicted molar refractivity (Wildman–Crippen MR) is 153 cm³/mol. The van der Waals surface area contributed by atoms with Gasteiger partial charge in [-0.25, -0.2) is 9.37 Å². The van der Waals surface area contributed by atoms with Crippen LogP contribution in [0.15, 0.2) is 72.3 Å². The van der Waals surface area contributed by atoms with Crippen molar-refractivity contribution in [2.24, 2.45) is 0 Å². The quantitative estimate of drug-likeness (QED) is 0.0970. The van der Waals surface area contributed by atoms with Crippen LogP contribution in [0.4, 0.5) is 9.52 Å². The highest BCUT2D eigenvalue weighted by atomic mass is 32.1. The Morgan fingerprint density at radius 1 is 1.00 bits per heavy atom. The van der Waals surface area contributed by atoms with Crippen molar-refractivity contribution in [2.75, 3.05) is 18.1 Å². The summed E-state index contributed by atoms with van der Waals surface area (Å²) in [6, 6.07) is 17.0. The van der Waals surface area contributed by atoms with Gasteiger partial charge in [0.2, 0.25) is 0 Å². The number of fused-ring (bicyclic) bond motifs is 1. The normalized spacial score (nSPS) is 16.6. The lowest BCUT2D eigenvalue weighted by Gasteiger charge is -2.23. The van der Waals surface area contributed by atoms with E-state index < -0.39 is 23.5 Å². The Bertz CT molecular complexity index is 1580. The number of amides is 1. The van der Waals surface area contributed by atoms with Crippen LogP contribution in [0.2, 0.25) is 0 Å². The molecule has 7 nitrogen and oxygen atoms in total. The van der Waals surface area contributed by atoms with Crippen molar-refractivity contribution in [3.05, 3.63) is 89.2 Å². The number of Topliss-reactive ketones (excluding diaryl/α,β-unsaturated/α-hetero) is 1. The molecule has 1 fully saturated rings. The zero-order valence-electron chi connectivity index (χ0n) is 22.2. The highest BCUT2D eigenvalue weighted by molar-refractivity contribution is 7.22. The van der Waals surface area contributed by atoms with E-state index in [1.54, 1.807) is 48.5 Å². The zero-order valence-corrected chi connectivity index (χ0v) is 23.0. The molecule has 1 unspecified atom stereocenters. The van der Waals surface area contributed by atoms with Crippen LogP contribution in [0.25, 0.3) is 16.0 Å². The van der Waals surface area contributed by atoms with Gasteiger partial charge in [-0.2, -0.15) is 0 Å². The zero-order chi connectivity index (χ0) is 28.2. The molecule has 2 heterocycles. The molecule has 1 atom stereocenters. The highest BCUT2D eigenvalue weighted by Crippen LogP contribution is 2.44. The third-order valence-corrected chi connectivity index (χ3v) is 7.64. The summed E-state index contributed by atoms with van der Waals surface area (Å²) in [5, 5.41) is 11.7. The SMILES string of the molecule is CCCCCOc1ccc(C2/C(=C(\O)c3cccc(OCC)c3)C(=O)C(=O)N2c2nc3ccc(F)cc3s2)cc1. The van der Waals surface area contributed by atoms with Gasteiger partial charge >= 0.3 is 5.91 Å². The molecule has 1 amide bonds. The average molecular weight is 561 g/mol. The van der Waals surface area contributed by atoms with Crippen molar-refractivity contribution in [3.63, 3.8) is 0 Å². The number of aliphatic hydroxyl groups is 1. The van der Waals surface area contributed by atoms with Crippen LogP contribution < -0.4 is 14.4 Å². The van der Waals surface area contributed by atoms with E-state index in [1.807, 2.05) is 6.92 Å². The van der Waals surface area contributed by atoms with Crippen molar-refractivity contribution in [1.82, 2.24) is 4.98 Å². The van der Waals surface area contributed by atoms with Gasteiger partial charge < -0.3 is 14.6 Å². The number of unbranched alkanes of at least 4 members (excludes halogenated alkanes) is 2. The molecular weight excluding hydrogens is 531 g/mol. The number of hydrogen-bond acceptors (Lipinski definition) is 7. The third kappa shape index (κ3) is 5.42. The summed E-state index contributed by atoms with van der Waals surface area (Å²) in [5.41, 5.74) is 1.37. The van der Waals surface area contributed by atoms with Gasteiger partial charge in [0.15, 0.2) is 5.13 Å². The second-order valence-corrected chi connectivity index (χ2v) is 10.4. The number of thiazole rings is 1. The molecule has 0 saturated carbocycles. The van der Waals surface area contributed by atoms with Crippen molar-refractivity contribution in [1.29, 1.82) is 0 Å². The first kappa shape index (κ1) is 27.3. The van der Waals surface area contributed by atoms with Gasteiger partial charge in [-0.1, -0.05) is 55.4 Å². The van der Waals surface area contributed by atoms with Gasteiger partial charge in [0, 0.05) is 5.56 Å². The number of carbonyl (C=O) groups excluding carboxylic acids is 2. The molecule has 1 aliphatic heterocycles. The van der Waals surface area contributed by atoms with E-state index in [1.165, 1.54) is 23.1 Å². The lowest BCUT2D eigenvalue weighted by molar-refractivity contribution is -0.132. The Labute approximate surface area is 235 Å². The van der Waals surface area contributed by atoms with E-state index in [2.05, 4.69) is 11.9 Å². The first-order chi connectivity index (χ1) is 19.4. The van der Waals surface area contributed by atoms with Crippen molar-refractivity contribution in [3.8, 4) is 11.5 Å². The topological polar surface area (TPSA) is 89.0 Å². The van der Waals surface area contributed by atoms with E-state index in [-0.39, 0.29) is 16.5 Å². The summed E-state index contributed by atoms with van der Waals surface area (Å²) in [6.07, 6.45) is 3.10. The van der Waals surface area contributed by atoms with E-state index >= 15 is 0 Å². The second kappa shape index (κ2) is 11.9. The van der Waals surface area contributed by atoms with E-state index in [0.29, 0.717) is 46.1 Å². The smallest absolute Gasteiger partial charge is 0.301 e. The van der Waals surface area contributed by atoms with Crippen molar-refractivity contribution >= 4 is 44.1 Å². The molecule has 1 saturated heterocycles. The molecule has 1 aliphatic rings. The number of aliphatic hydroxyl groups excluding tert-OH is 1. The lowest BCUT2D eigenvalue weighted by atomic mass is 9.95. The van der Waals surface area contributed by atoms with Crippen molar-refractivity contribution < 1.29 is 28.6 Å². The maximum atomic E-state index is 13.9. The van der Waals surface area contributed by atoms with Crippen molar-refractivity contribution in [2.45, 2.75) is 39.2 Å². The highest BCUT2D eigenvalue weighted by Gasteiger charge is 2.48. The van der Waals surface area contributed by atoms with Gasteiger partial charge in [-0.05, 0) is 61.4 Å². The van der Waals surface area contributed by atoms with Crippen LogP contribution in [-0.2, 0) is 9.59 Å². The predicted octanol–water partition coefficient (Wildman–Crippen LogP) is 7.03. The number of benzene rings is 3. The Balaban J connectivity index is 1.60. The number of hydrogen-bond donors (Lipinski definition) is 1. The Morgan fingerprint density at radius 3 is 2.55 bits per heavy atom. The van der Waals surface area contributed by atoms with Crippen LogP contribution in [0.1, 0.15) is 50.3 Å². The standard InChI is InChI=1S/C31H29FN2O5S/c1-3-5-6-16-39-22-13-10-19(11-14-22)27-26(28(35)20-8-7-9-23(17-20)38-4-2)29(36)30(37)34(27)31-33-24-15-12-21(32)18-25(24)40-31/h7-15,17-18,27,35H,3-6,16H2,1-2H3/b28-26+. The third-order valence-electron chi connectivity index (χ3n) is 6.62. The molecule has 1 N–H and O–H groups in total. The van der Waals surface area contributed by atoms with Gasteiger partial charge in [-0.15, -0.1) is 0 Å². The summed E-state index contributed by atoms with van der Waals surface area (Å²) in [5.74, 6) is -1.22. The molecule has 40 heavy (non-hydrogen) atoms. The van der Waals surface area contributed by atoms with E-state index in [9.17, 15) is 19.1 Å². The minimum Gasteiger partial charge on any atom is -0.507 e. The van der Waals surface area contributed by atoms with Gasteiger partial charge in [0.25, 0.3) is 5.78 Å². The fourth-order valence-corrected chi connectivity index (χ4v) is 5.70. The van der Waals surface area contributed by atoms with Gasteiger partial charge in [0.1, 0.15) is 23.1 Å². The summed E-state index contributed by atoms with van der Waals surface area (Å²) in [6.45, 7) is 4.99. The summed E-state index contributed by atoms with van der Waals surface area (Å²) < 4.78 is 25.8. The maximum Gasteiger partial charge on any atom is 0.301 e. The monoisotopic (exact) mass is 560 g/mol. The minimum atomic E-state index is -0.963. The maximum absolute atomic E-state index is 13.9. The Kier molecular flexibility index (Phi) is 8.11. The van der Waals surface area contributed by atoms with Crippen LogP contribution in [0.3, 0.4) is 0 Å². The van der Waals surface area contributed by atoms with Gasteiger partial charge in [-0.3, -0.25) is 14.5 Å². The number of nitrogens with zero attached hydrogens (tertiary/aromatic N) is 2. The number of ketones is 1. The van der Waals surface area contributed by atoms with Gasteiger partial charge in [0.05, 0.1) is 35.0 Å². The summed E-state index contributed by atoms with van der Waals surface area (Å²) in [7, 11) is 0. The molecule has 0 spiro atoms. The van der Waals surface area contributed by atoms with Crippen LogP contribution >= 0.6 is 11.3 Å². The summed E-state index contributed by atoms with van der Waals surface area (Å²) >= 11 is 1.10. The molecule has 206 valence electrons. The fraction of sp³-hybridized carbons (Fsp3) is 0.258. The number of aromatic nitrogens is 1. The van der Waals surface area contributed by atoms with Crippen LogP contribution in [-0.4, -0.2) is 35.0 Å². The summed E-state index contributed by atoms with van der Waals surface area (Å²) in [4.78, 5) is 32.8. The molecule has 5 rings (SSSR count). The fourth-order valence-electron chi connectivity index (χ4n) is 4.68. The molecule has 0 aliphatic carbocycles. The minimum absolute atomic E-state index is 0.0688. The molecule has 4 aromatic rings. The Morgan fingerprint density at radius 2 is 1.80 bits per heavy atom. The molecular formula is C31H29FN2O5S. The van der Waals surface area contributed by atoms with Crippen LogP contribution in [0.5, 0.6) is 11.5 Å². The molecule has 0 radical (unpaired) electrons. The second-order valence-electron chi connectivity index (χ2n) is 9.36. The number of ether oxygens (including phenoxy) is 2. The van der Waals surface area contributed by atoms with E-state index in [0.717, 1.165) is 30.6 Å². The average Bonchev–Trinajstić information content (AvgIpc) is 3.49. The van der Waals surface area contributed by atoms with E-state index in [4.69, 9.17) is 9.47 Å². The molecule has 0 bridgehead atoms. The molecule has 1 aromatic heterocycles. The largest absolute Gasteiger partial charge is 0.507 e. The number of anilines is 1. The number of rotatable bonds is 10. The molecule has 9 heteroatoms.